The summed E-state index contributed by atoms with van der Waals surface area (Å²) < 4.78 is 19.8. The molecule has 0 saturated carbocycles. The quantitative estimate of drug-likeness (QED) is 0.642. The van der Waals surface area contributed by atoms with Gasteiger partial charge in [-0.25, -0.2) is 14.1 Å². The molecule has 1 saturated heterocycles. The van der Waals surface area contributed by atoms with Gasteiger partial charge in [0.25, 0.3) is 5.91 Å². The van der Waals surface area contributed by atoms with Gasteiger partial charge in [-0.1, -0.05) is 26.8 Å². The molecule has 0 atom stereocenters. The maximum Gasteiger partial charge on any atom is 0.252 e. The van der Waals surface area contributed by atoms with Crippen molar-refractivity contribution in [2.45, 2.75) is 45.8 Å². The van der Waals surface area contributed by atoms with E-state index in [9.17, 15) is 9.18 Å². The van der Waals surface area contributed by atoms with Crippen LogP contribution in [0.2, 0.25) is 0 Å². The summed E-state index contributed by atoms with van der Waals surface area (Å²) in [5, 5.41) is 9.99. The molecule has 0 aliphatic carbocycles. The molecule has 0 radical (unpaired) electrons. The van der Waals surface area contributed by atoms with E-state index in [-0.39, 0.29) is 5.91 Å². The summed E-state index contributed by atoms with van der Waals surface area (Å²) in [6.07, 6.45) is 5.31. The largest absolute Gasteiger partial charge is 0.368 e. The van der Waals surface area contributed by atoms with E-state index in [0.29, 0.717) is 25.2 Å². The first-order valence-electron chi connectivity index (χ1n) is 9.85. The molecule has 0 aromatic carbocycles. The number of carbonyl (C=O) groups is 1. The number of hydrogen-bond donors (Lipinski definition) is 3. The van der Waals surface area contributed by atoms with Gasteiger partial charge in [-0.2, -0.15) is 17.7 Å². The topological polar surface area (TPSA) is 81.1 Å². The fraction of sp³-hybridized carbons (Fsp3) is 0.550. The zero-order valence-corrected chi connectivity index (χ0v) is 18.5. The predicted molar refractivity (Wildman–Crippen MR) is 116 cm³/mol. The molecule has 1 aliphatic heterocycles. The number of thiol groups is 1. The lowest BCUT2D eigenvalue weighted by atomic mass is 9.91. The Bertz CT molecular complexity index is 718. The lowest BCUT2D eigenvalue weighted by molar-refractivity contribution is -0.146. The number of nitrogens with zero attached hydrogens (tertiary/aromatic N) is 3. The average Bonchev–Trinajstić information content (AvgIpc) is 3.21. The minimum atomic E-state index is -0.759. The number of hydrogen-bond acceptors (Lipinski definition) is 6. The van der Waals surface area contributed by atoms with Gasteiger partial charge in [-0.3, -0.25) is 4.79 Å². The van der Waals surface area contributed by atoms with Gasteiger partial charge >= 0.3 is 0 Å². The maximum absolute atomic E-state index is 13.0. The molecule has 3 rings (SSSR count). The number of piperidine rings is 1. The van der Waals surface area contributed by atoms with Crippen molar-refractivity contribution in [1.82, 2.24) is 25.4 Å². The van der Waals surface area contributed by atoms with Crippen LogP contribution in [0.15, 0.2) is 30.7 Å². The maximum atomic E-state index is 13.0. The molecule has 2 N–H and O–H groups in total. The van der Waals surface area contributed by atoms with E-state index >= 15 is 0 Å². The zero-order valence-electron chi connectivity index (χ0n) is 17.6. The van der Waals surface area contributed by atoms with Crippen molar-refractivity contribution >= 4 is 18.5 Å². The summed E-state index contributed by atoms with van der Waals surface area (Å²) in [6.45, 7) is 7.87. The van der Waals surface area contributed by atoms with Crippen LogP contribution >= 0.6 is 12.6 Å². The minimum Gasteiger partial charge on any atom is -0.368 e. The molecule has 2 aromatic heterocycles. The Labute approximate surface area is 177 Å². The molecule has 0 spiro atoms. The highest BCUT2D eigenvalue weighted by Crippen LogP contribution is 2.22. The third kappa shape index (κ3) is 7.41. The SMILES string of the molecule is CC.CCS.COC1(C(=O)NCc2ccc(-n3cc(F)cn3)nc2)CCNCC1. The smallest absolute Gasteiger partial charge is 0.252 e. The van der Waals surface area contributed by atoms with Crippen LogP contribution in [0.5, 0.6) is 0 Å². The van der Waals surface area contributed by atoms with Gasteiger partial charge in [0.1, 0.15) is 5.60 Å². The molecule has 0 bridgehead atoms. The second kappa shape index (κ2) is 13.3. The van der Waals surface area contributed by atoms with Crippen molar-refractivity contribution < 1.29 is 13.9 Å². The molecule has 1 fully saturated rings. The summed E-state index contributed by atoms with van der Waals surface area (Å²) in [7, 11) is 1.57. The van der Waals surface area contributed by atoms with Crippen LogP contribution in [0.1, 0.15) is 39.2 Å². The highest BCUT2D eigenvalue weighted by molar-refractivity contribution is 7.80. The molecule has 2 aromatic rings. The number of ether oxygens (including phenoxy) is 1. The van der Waals surface area contributed by atoms with Crippen molar-refractivity contribution in [3.8, 4) is 5.82 Å². The Balaban J connectivity index is 0.000000771. The van der Waals surface area contributed by atoms with Crippen LogP contribution in [-0.2, 0) is 16.1 Å². The summed E-state index contributed by atoms with van der Waals surface area (Å²) in [5.74, 6) is 0.936. The van der Waals surface area contributed by atoms with Gasteiger partial charge in [0.2, 0.25) is 0 Å². The third-order valence-corrected chi connectivity index (χ3v) is 4.26. The second-order valence-electron chi connectivity index (χ2n) is 6.08. The number of pyridine rings is 1. The Morgan fingerprint density at radius 3 is 2.48 bits per heavy atom. The molecule has 3 heterocycles. The van der Waals surface area contributed by atoms with E-state index in [2.05, 4.69) is 33.3 Å². The first-order chi connectivity index (χ1) is 14.0. The molecule has 7 nitrogen and oxygen atoms in total. The summed E-state index contributed by atoms with van der Waals surface area (Å²) >= 11 is 3.79. The van der Waals surface area contributed by atoms with Crippen LogP contribution in [0.4, 0.5) is 4.39 Å². The predicted octanol–water partition coefficient (Wildman–Crippen LogP) is 2.75. The van der Waals surface area contributed by atoms with E-state index in [1.807, 2.05) is 26.8 Å². The molecular weight excluding hydrogens is 393 g/mol. The highest BCUT2D eigenvalue weighted by atomic mass is 32.1. The highest BCUT2D eigenvalue weighted by Gasteiger charge is 2.39. The Hall–Kier alpha value is -1.97. The minimum absolute atomic E-state index is 0.107. The fourth-order valence-electron chi connectivity index (χ4n) is 2.78. The van der Waals surface area contributed by atoms with Gasteiger partial charge in [0.15, 0.2) is 11.6 Å². The molecule has 1 aliphatic rings. The van der Waals surface area contributed by atoms with Crippen LogP contribution in [0.25, 0.3) is 5.82 Å². The molecule has 162 valence electrons. The van der Waals surface area contributed by atoms with Gasteiger partial charge < -0.3 is 15.4 Å². The molecule has 1 amide bonds. The van der Waals surface area contributed by atoms with Gasteiger partial charge in [-0.05, 0) is 43.3 Å². The van der Waals surface area contributed by atoms with E-state index < -0.39 is 11.4 Å². The second-order valence-corrected chi connectivity index (χ2v) is 6.71. The monoisotopic (exact) mass is 425 g/mol. The number of amides is 1. The summed E-state index contributed by atoms with van der Waals surface area (Å²) in [5.41, 5.74) is 0.0884. The lowest BCUT2D eigenvalue weighted by Gasteiger charge is -2.34. The van der Waals surface area contributed by atoms with Crippen molar-refractivity contribution in [2.75, 3.05) is 26.0 Å². The number of nitrogens with one attached hydrogen (secondary N) is 2. The Morgan fingerprint density at radius 1 is 1.34 bits per heavy atom. The summed E-state index contributed by atoms with van der Waals surface area (Å²) in [6, 6.07) is 3.55. The van der Waals surface area contributed by atoms with Crippen molar-refractivity contribution in [3.05, 3.63) is 42.1 Å². The first kappa shape index (κ1) is 25.1. The van der Waals surface area contributed by atoms with Crippen molar-refractivity contribution in [1.29, 1.82) is 0 Å². The molecule has 29 heavy (non-hydrogen) atoms. The number of aromatic nitrogens is 3. The zero-order chi connectivity index (χ0) is 21.7. The molecular formula is C20H32FN5O2S. The standard InChI is InChI=1S/C16H20FN5O2.C2H6S.C2H6/c1-24-16(4-6-18-7-5-16)15(23)20-9-12-2-3-14(19-8-12)22-11-13(17)10-21-22;1-2-3;1-2/h2-3,8,10-11,18H,4-7,9H2,1H3,(H,20,23);3H,2H2,1H3;1-2H3. The summed E-state index contributed by atoms with van der Waals surface area (Å²) in [4.78, 5) is 16.7. The van der Waals surface area contributed by atoms with Crippen molar-refractivity contribution in [2.24, 2.45) is 0 Å². The first-order valence-corrected chi connectivity index (χ1v) is 10.5. The normalized spacial score (nSPS) is 14.7. The third-order valence-electron chi connectivity index (χ3n) is 4.26. The number of carbonyl (C=O) groups excluding carboxylic acids is 1. The average molecular weight is 426 g/mol. The number of methoxy groups -OCH3 is 1. The number of halogens is 1. The number of rotatable bonds is 5. The lowest BCUT2D eigenvalue weighted by Crippen LogP contribution is -2.53. The molecule has 0 unspecified atom stereocenters. The van der Waals surface area contributed by atoms with Crippen molar-refractivity contribution in [3.63, 3.8) is 0 Å². The van der Waals surface area contributed by atoms with Crippen LogP contribution in [-0.4, -0.2) is 52.2 Å². The van der Waals surface area contributed by atoms with Gasteiger partial charge in [0.05, 0.1) is 12.4 Å². The Morgan fingerprint density at radius 2 is 2.00 bits per heavy atom. The van der Waals surface area contributed by atoms with E-state index in [0.717, 1.165) is 30.6 Å². The van der Waals surface area contributed by atoms with Crippen LogP contribution in [0.3, 0.4) is 0 Å². The van der Waals surface area contributed by atoms with Gasteiger partial charge in [-0.15, -0.1) is 0 Å². The van der Waals surface area contributed by atoms with E-state index in [1.165, 1.54) is 10.9 Å². The fourth-order valence-corrected chi connectivity index (χ4v) is 2.78. The van der Waals surface area contributed by atoms with Crippen LogP contribution in [0, 0.1) is 5.82 Å². The Kier molecular flexibility index (Phi) is 11.5. The van der Waals surface area contributed by atoms with Gasteiger partial charge in [0, 0.05) is 19.9 Å². The van der Waals surface area contributed by atoms with Crippen LogP contribution < -0.4 is 10.6 Å². The van der Waals surface area contributed by atoms with E-state index in [1.54, 1.807) is 19.4 Å². The molecule has 9 heteroatoms. The van der Waals surface area contributed by atoms with E-state index in [4.69, 9.17) is 4.74 Å².